The molecule has 2 aromatic rings. The van der Waals surface area contributed by atoms with Gasteiger partial charge in [0, 0.05) is 17.7 Å². The summed E-state index contributed by atoms with van der Waals surface area (Å²) in [6.45, 7) is 4.36. The third-order valence-electron chi connectivity index (χ3n) is 5.57. The van der Waals surface area contributed by atoms with Gasteiger partial charge in [-0.05, 0) is 54.5 Å². The minimum Gasteiger partial charge on any atom is -0.508 e. The van der Waals surface area contributed by atoms with E-state index >= 15 is 0 Å². The Morgan fingerprint density at radius 3 is 2.48 bits per heavy atom. The number of fused-ring (bicyclic) bond motifs is 1. The third kappa shape index (κ3) is 3.57. The van der Waals surface area contributed by atoms with Crippen LogP contribution in [0.3, 0.4) is 0 Å². The average Bonchev–Trinajstić information content (AvgIpc) is 2.77. The zero-order valence-corrected chi connectivity index (χ0v) is 15.9. The van der Waals surface area contributed by atoms with Crippen molar-refractivity contribution in [2.75, 3.05) is 10.6 Å². The lowest BCUT2D eigenvalue weighted by atomic mass is 9.76. The van der Waals surface area contributed by atoms with E-state index in [1.807, 2.05) is 36.4 Å². The SMILES string of the molecule is CC1(C)CCCC2=C(C(=O)C1)C(c1ccc(O)cc1)Nc1ccccc1N2. The summed E-state index contributed by atoms with van der Waals surface area (Å²) < 4.78 is 0. The summed E-state index contributed by atoms with van der Waals surface area (Å²) in [5.41, 5.74) is 4.81. The molecule has 0 spiro atoms. The van der Waals surface area contributed by atoms with Crippen LogP contribution in [-0.4, -0.2) is 10.9 Å². The van der Waals surface area contributed by atoms with Gasteiger partial charge in [-0.3, -0.25) is 4.79 Å². The van der Waals surface area contributed by atoms with E-state index in [1.54, 1.807) is 12.1 Å². The zero-order valence-electron chi connectivity index (χ0n) is 15.9. The van der Waals surface area contributed by atoms with E-state index in [2.05, 4.69) is 24.5 Å². The van der Waals surface area contributed by atoms with Gasteiger partial charge in [0.2, 0.25) is 0 Å². The monoisotopic (exact) mass is 362 g/mol. The maximum Gasteiger partial charge on any atom is 0.163 e. The maximum atomic E-state index is 13.4. The second-order valence-electron chi connectivity index (χ2n) is 8.35. The smallest absolute Gasteiger partial charge is 0.163 e. The molecule has 1 heterocycles. The predicted octanol–water partition coefficient (Wildman–Crippen LogP) is 5.39. The first-order valence-corrected chi connectivity index (χ1v) is 9.61. The standard InChI is InChI=1S/C23H26N2O2/c1-23(2)13-5-8-19-21(20(27)14-23)22(15-9-11-16(26)12-10-15)25-18-7-4-3-6-17(18)24-19/h3-4,6-7,9-12,22,24-26H,5,8,13-14H2,1-2H3. The van der Waals surface area contributed by atoms with Crippen molar-refractivity contribution in [2.24, 2.45) is 5.41 Å². The van der Waals surface area contributed by atoms with Crippen LogP contribution < -0.4 is 10.6 Å². The molecule has 2 aliphatic rings. The first-order chi connectivity index (χ1) is 12.9. The van der Waals surface area contributed by atoms with Crippen LogP contribution in [0.25, 0.3) is 0 Å². The molecular formula is C23H26N2O2. The molecule has 1 atom stereocenters. The average molecular weight is 362 g/mol. The minimum absolute atomic E-state index is 0.00821. The number of hydrogen-bond acceptors (Lipinski definition) is 4. The van der Waals surface area contributed by atoms with Gasteiger partial charge in [-0.15, -0.1) is 0 Å². The zero-order chi connectivity index (χ0) is 19.0. The van der Waals surface area contributed by atoms with Gasteiger partial charge in [0.05, 0.1) is 17.4 Å². The number of para-hydroxylation sites is 2. The van der Waals surface area contributed by atoms with Crippen molar-refractivity contribution in [3.05, 3.63) is 65.4 Å². The van der Waals surface area contributed by atoms with Crippen molar-refractivity contribution in [3.8, 4) is 5.75 Å². The number of nitrogens with one attached hydrogen (secondary N) is 2. The molecule has 0 aromatic heterocycles. The fourth-order valence-corrected chi connectivity index (χ4v) is 4.15. The summed E-state index contributed by atoms with van der Waals surface area (Å²) in [7, 11) is 0. The Bertz CT molecular complexity index is 897. The summed E-state index contributed by atoms with van der Waals surface area (Å²) in [5, 5.41) is 16.8. The molecule has 1 aliphatic heterocycles. The number of ketones is 1. The number of carbonyl (C=O) groups excluding carboxylic acids is 1. The molecule has 2 aromatic carbocycles. The van der Waals surface area contributed by atoms with Gasteiger partial charge in [-0.1, -0.05) is 38.1 Å². The van der Waals surface area contributed by atoms with Gasteiger partial charge in [-0.25, -0.2) is 0 Å². The molecule has 0 saturated carbocycles. The minimum atomic E-state index is -0.238. The first kappa shape index (κ1) is 17.7. The van der Waals surface area contributed by atoms with Crippen LogP contribution in [0.5, 0.6) is 5.75 Å². The fourth-order valence-electron chi connectivity index (χ4n) is 4.15. The van der Waals surface area contributed by atoms with E-state index in [9.17, 15) is 9.90 Å². The molecule has 140 valence electrons. The van der Waals surface area contributed by atoms with Crippen LogP contribution in [0, 0.1) is 5.41 Å². The van der Waals surface area contributed by atoms with Crippen LogP contribution in [-0.2, 0) is 4.79 Å². The van der Waals surface area contributed by atoms with Gasteiger partial charge < -0.3 is 15.7 Å². The number of benzene rings is 2. The lowest BCUT2D eigenvalue weighted by molar-refractivity contribution is -0.117. The second-order valence-corrected chi connectivity index (χ2v) is 8.35. The molecule has 3 N–H and O–H groups in total. The van der Waals surface area contributed by atoms with E-state index in [0.29, 0.717) is 6.42 Å². The van der Waals surface area contributed by atoms with E-state index < -0.39 is 0 Å². The largest absolute Gasteiger partial charge is 0.508 e. The van der Waals surface area contributed by atoms with Gasteiger partial charge in [0.25, 0.3) is 0 Å². The molecule has 27 heavy (non-hydrogen) atoms. The molecule has 0 amide bonds. The lowest BCUT2D eigenvalue weighted by Gasteiger charge is -2.30. The number of phenols is 1. The molecule has 4 heteroatoms. The number of allylic oxidation sites excluding steroid dienone is 1. The molecule has 0 radical (unpaired) electrons. The molecule has 0 bridgehead atoms. The Morgan fingerprint density at radius 1 is 1.04 bits per heavy atom. The highest BCUT2D eigenvalue weighted by Gasteiger charge is 2.34. The van der Waals surface area contributed by atoms with Crippen molar-refractivity contribution >= 4 is 17.2 Å². The van der Waals surface area contributed by atoms with Crippen molar-refractivity contribution in [1.29, 1.82) is 0 Å². The molecular weight excluding hydrogens is 336 g/mol. The summed E-state index contributed by atoms with van der Waals surface area (Å²) in [6, 6.07) is 15.0. The molecule has 1 unspecified atom stereocenters. The van der Waals surface area contributed by atoms with Gasteiger partial charge >= 0.3 is 0 Å². The number of carbonyl (C=O) groups is 1. The lowest BCUT2D eigenvalue weighted by Crippen LogP contribution is -2.27. The first-order valence-electron chi connectivity index (χ1n) is 9.61. The van der Waals surface area contributed by atoms with Crippen molar-refractivity contribution in [3.63, 3.8) is 0 Å². The summed E-state index contributed by atoms with van der Waals surface area (Å²) in [4.78, 5) is 13.4. The van der Waals surface area contributed by atoms with Crippen LogP contribution in [0.15, 0.2) is 59.8 Å². The number of phenolic OH excluding ortho intramolecular Hbond substituents is 1. The van der Waals surface area contributed by atoms with Gasteiger partial charge in [-0.2, -0.15) is 0 Å². The van der Waals surface area contributed by atoms with E-state index in [0.717, 1.165) is 47.5 Å². The van der Waals surface area contributed by atoms with Crippen LogP contribution in [0.1, 0.15) is 51.1 Å². The topological polar surface area (TPSA) is 61.4 Å². The molecule has 0 saturated heterocycles. The Kier molecular flexibility index (Phi) is 4.42. The highest BCUT2D eigenvalue weighted by Crippen LogP contribution is 2.42. The number of Topliss-reactive ketones (excluding diaryl/α,β-unsaturated/α-hetero) is 1. The molecule has 4 nitrogen and oxygen atoms in total. The Hall–Kier alpha value is -2.75. The molecule has 1 aliphatic carbocycles. The van der Waals surface area contributed by atoms with E-state index in [4.69, 9.17) is 0 Å². The third-order valence-corrected chi connectivity index (χ3v) is 5.57. The Labute approximate surface area is 160 Å². The number of hydrogen-bond donors (Lipinski definition) is 3. The normalized spacial score (nSPS) is 21.7. The Balaban J connectivity index is 1.86. The summed E-state index contributed by atoms with van der Waals surface area (Å²) >= 11 is 0. The summed E-state index contributed by atoms with van der Waals surface area (Å²) in [6.07, 6.45) is 3.49. The van der Waals surface area contributed by atoms with Crippen molar-refractivity contribution in [2.45, 2.75) is 45.6 Å². The van der Waals surface area contributed by atoms with Crippen molar-refractivity contribution in [1.82, 2.24) is 0 Å². The van der Waals surface area contributed by atoms with Crippen LogP contribution >= 0.6 is 0 Å². The second kappa shape index (κ2) is 6.76. The molecule has 4 rings (SSSR count). The Morgan fingerprint density at radius 2 is 1.74 bits per heavy atom. The van der Waals surface area contributed by atoms with Crippen molar-refractivity contribution < 1.29 is 9.90 Å². The number of aromatic hydroxyl groups is 1. The van der Waals surface area contributed by atoms with Gasteiger partial charge in [0.15, 0.2) is 5.78 Å². The quantitative estimate of drug-likeness (QED) is 0.636. The van der Waals surface area contributed by atoms with E-state index in [1.165, 1.54) is 0 Å². The highest BCUT2D eigenvalue weighted by atomic mass is 16.3. The number of anilines is 2. The molecule has 0 fully saturated rings. The van der Waals surface area contributed by atoms with E-state index in [-0.39, 0.29) is 23.0 Å². The fraction of sp³-hybridized carbons (Fsp3) is 0.348. The number of rotatable bonds is 1. The van der Waals surface area contributed by atoms with Crippen LogP contribution in [0.2, 0.25) is 0 Å². The maximum absolute atomic E-state index is 13.4. The summed E-state index contributed by atoms with van der Waals surface area (Å²) in [5.74, 6) is 0.422. The van der Waals surface area contributed by atoms with Gasteiger partial charge in [0.1, 0.15) is 5.75 Å². The highest BCUT2D eigenvalue weighted by molar-refractivity contribution is 6.00. The van der Waals surface area contributed by atoms with Crippen LogP contribution in [0.4, 0.5) is 11.4 Å². The predicted molar refractivity (Wildman–Crippen MR) is 109 cm³/mol.